The number of nitrogens with zero attached hydrogens (tertiary/aromatic N) is 1. The highest BCUT2D eigenvalue weighted by atomic mass is 16.2. The molecule has 3 N–H and O–H groups in total. The van der Waals surface area contributed by atoms with Gasteiger partial charge in [0.2, 0.25) is 0 Å². The van der Waals surface area contributed by atoms with Crippen molar-refractivity contribution < 1.29 is 4.79 Å². The highest BCUT2D eigenvalue weighted by Gasteiger charge is 2.04. The Balaban J connectivity index is 2.14. The number of hydrogen-bond donors (Lipinski definition) is 3. The molecule has 0 radical (unpaired) electrons. The van der Waals surface area contributed by atoms with Gasteiger partial charge in [-0.3, -0.25) is 5.32 Å². The third kappa shape index (κ3) is 3.98. The summed E-state index contributed by atoms with van der Waals surface area (Å²) in [4.78, 5) is 15.8. The minimum atomic E-state index is -0.253. The van der Waals surface area contributed by atoms with Gasteiger partial charge in [0.25, 0.3) is 0 Å². The molecule has 104 valence electrons. The van der Waals surface area contributed by atoms with Crippen molar-refractivity contribution in [2.24, 2.45) is 0 Å². The molecule has 0 spiro atoms. The van der Waals surface area contributed by atoms with E-state index in [0.717, 1.165) is 17.1 Å². The summed E-state index contributed by atoms with van der Waals surface area (Å²) in [5.41, 5.74) is 2.70. The molecule has 0 fully saturated rings. The second-order valence-electron chi connectivity index (χ2n) is 4.36. The van der Waals surface area contributed by atoms with Gasteiger partial charge in [0.05, 0.1) is 0 Å². The molecule has 5 heteroatoms. The molecule has 20 heavy (non-hydrogen) atoms. The van der Waals surface area contributed by atoms with Gasteiger partial charge in [-0.15, -0.1) is 0 Å². The van der Waals surface area contributed by atoms with Crippen molar-refractivity contribution in [3.63, 3.8) is 0 Å². The molecular weight excluding hydrogens is 252 g/mol. The predicted octanol–water partition coefficient (Wildman–Crippen LogP) is 3.28. The van der Waals surface area contributed by atoms with Crippen LogP contribution in [-0.2, 0) is 0 Å². The topological polar surface area (TPSA) is 66.1 Å². The number of nitrogens with one attached hydrogen (secondary N) is 3. The van der Waals surface area contributed by atoms with Crippen LogP contribution in [0.3, 0.4) is 0 Å². The minimum absolute atomic E-state index is 0.253. The van der Waals surface area contributed by atoms with E-state index in [1.54, 1.807) is 6.07 Å². The van der Waals surface area contributed by atoms with Crippen molar-refractivity contribution in [2.75, 3.05) is 17.2 Å². The summed E-state index contributed by atoms with van der Waals surface area (Å²) in [6.45, 7) is 4.33. The van der Waals surface area contributed by atoms with Crippen LogP contribution in [0.1, 0.15) is 12.6 Å². The van der Waals surface area contributed by atoms with Crippen molar-refractivity contribution in [1.82, 2.24) is 10.3 Å². The molecule has 0 aliphatic heterocycles. The first-order valence-electron chi connectivity index (χ1n) is 6.53. The second kappa shape index (κ2) is 6.56. The molecule has 0 aliphatic carbocycles. The average molecular weight is 270 g/mol. The molecule has 5 nitrogen and oxygen atoms in total. The molecule has 1 aromatic heterocycles. The van der Waals surface area contributed by atoms with E-state index in [-0.39, 0.29) is 6.03 Å². The van der Waals surface area contributed by atoms with Crippen molar-refractivity contribution in [1.29, 1.82) is 0 Å². The van der Waals surface area contributed by atoms with Crippen LogP contribution in [0.2, 0.25) is 0 Å². The second-order valence-corrected chi connectivity index (χ2v) is 4.36. The molecule has 1 aromatic carbocycles. The molecule has 0 saturated heterocycles. The molecule has 0 saturated carbocycles. The zero-order valence-corrected chi connectivity index (χ0v) is 11.6. The molecule has 2 aromatic rings. The summed E-state index contributed by atoms with van der Waals surface area (Å²) in [6.07, 6.45) is 0. The molecule has 1 heterocycles. The Hall–Kier alpha value is -2.56. The number of para-hydroxylation sites is 1. The van der Waals surface area contributed by atoms with E-state index >= 15 is 0 Å². The zero-order chi connectivity index (χ0) is 14.4. The molecule has 0 bridgehead atoms. The lowest BCUT2D eigenvalue weighted by molar-refractivity contribution is 0.252. The number of anilines is 3. The lowest BCUT2D eigenvalue weighted by atomic mass is 10.2. The number of pyridine rings is 1. The monoisotopic (exact) mass is 270 g/mol. The van der Waals surface area contributed by atoms with Crippen LogP contribution in [0.25, 0.3) is 0 Å². The van der Waals surface area contributed by atoms with E-state index in [0.29, 0.717) is 12.4 Å². The Labute approximate surface area is 118 Å². The molecule has 0 atom stereocenters. The first kappa shape index (κ1) is 13.9. The zero-order valence-electron chi connectivity index (χ0n) is 11.6. The van der Waals surface area contributed by atoms with Gasteiger partial charge in [-0.05, 0) is 32.0 Å². The highest BCUT2D eigenvalue weighted by molar-refractivity contribution is 5.88. The van der Waals surface area contributed by atoms with Crippen molar-refractivity contribution in [3.8, 4) is 0 Å². The summed E-state index contributed by atoms with van der Waals surface area (Å²) in [6, 6.07) is 13.3. The number of carbonyl (C=O) groups excluding carboxylic acids is 1. The Bertz CT molecular complexity index is 584. The fraction of sp³-hybridized carbons (Fsp3) is 0.200. The largest absolute Gasteiger partial charge is 0.355 e. The summed E-state index contributed by atoms with van der Waals surface area (Å²) in [5, 5.41) is 8.66. The smallest absolute Gasteiger partial charge is 0.320 e. The SMILES string of the molecule is CCNC(=O)Nc1cc(Nc2ccccc2)cc(C)n1. The van der Waals surface area contributed by atoms with Crippen LogP contribution in [0.4, 0.5) is 22.0 Å². The number of rotatable bonds is 4. The molecule has 2 rings (SSSR count). The maximum absolute atomic E-state index is 11.5. The number of carbonyl (C=O) groups is 1. The Morgan fingerprint density at radius 3 is 2.60 bits per heavy atom. The van der Waals surface area contributed by atoms with E-state index in [1.807, 2.05) is 50.2 Å². The predicted molar refractivity (Wildman–Crippen MR) is 81.4 cm³/mol. The van der Waals surface area contributed by atoms with E-state index in [1.165, 1.54) is 0 Å². The molecule has 2 amide bonds. The van der Waals surface area contributed by atoms with Gasteiger partial charge in [0.1, 0.15) is 5.82 Å². The normalized spacial score (nSPS) is 9.90. The number of aromatic nitrogens is 1. The lowest BCUT2D eigenvalue weighted by Gasteiger charge is -2.10. The van der Waals surface area contributed by atoms with Crippen LogP contribution >= 0.6 is 0 Å². The van der Waals surface area contributed by atoms with Crippen LogP contribution in [0.15, 0.2) is 42.5 Å². The van der Waals surface area contributed by atoms with Crippen LogP contribution in [-0.4, -0.2) is 17.6 Å². The highest BCUT2D eigenvalue weighted by Crippen LogP contribution is 2.19. The summed E-state index contributed by atoms with van der Waals surface area (Å²) in [7, 11) is 0. The lowest BCUT2D eigenvalue weighted by Crippen LogP contribution is -2.28. The maximum atomic E-state index is 11.5. The Morgan fingerprint density at radius 1 is 1.15 bits per heavy atom. The van der Waals surface area contributed by atoms with Gasteiger partial charge >= 0.3 is 6.03 Å². The van der Waals surface area contributed by atoms with Gasteiger partial charge in [0, 0.05) is 29.7 Å². The van der Waals surface area contributed by atoms with E-state index in [2.05, 4.69) is 20.9 Å². The first-order chi connectivity index (χ1) is 9.67. The number of amides is 2. The third-order valence-electron chi connectivity index (χ3n) is 2.59. The summed E-state index contributed by atoms with van der Waals surface area (Å²) in [5.74, 6) is 0.523. The molecule has 0 aliphatic rings. The van der Waals surface area contributed by atoms with Crippen molar-refractivity contribution >= 4 is 23.2 Å². The average Bonchev–Trinajstić information content (AvgIpc) is 2.39. The van der Waals surface area contributed by atoms with Gasteiger partial charge in [-0.2, -0.15) is 0 Å². The van der Waals surface area contributed by atoms with Crippen molar-refractivity contribution in [3.05, 3.63) is 48.2 Å². The van der Waals surface area contributed by atoms with E-state index in [4.69, 9.17) is 0 Å². The van der Waals surface area contributed by atoms with Crippen LogP contribution in [0.5, 0.6) is 0 Å². The Morgan fingerprint density at radius 2 is 1.90 bits per heavy atom. The van der Waals surface area contributed by atoms with Gasteiger partial charge in [-0.25, -0.2) is 9.78 Å². The number of benzene rings is 1. The fourth-order valence-electron chi connectivity index (χ4n) is 1.81. The van der Waals surface area contributed by atoms with E-state index in [9.17, 15) is 4.79 Å². The third-order valence-corrected chi connectivity index (χ3v) is 2.59. The molecular formula is C15H18N4O. The van der Waals surface area contributed by atoms with Gasteiger partial charge < -0.3 is 10.6 Å². The standard InChI is InChI=1S/C15H18N4O/c1-3-16-15(20)19-14-10-13(9-11(2)17-14)18-12-7-5-4-6-8-12/h4-10H,3H2,1-2H3,(H3,16,17,18,19,20). The van der Waals surface area contributed by atoms with Gasteiger partial charge in [0.15, 0.2) is 0 Å². The number of aryl methyl sites for hydroxylation is 1. The Kier molecular flexibility index (Phi) is 4.55. The van der Waals surface area contributed by atoms with E-state index < -0.39 is 0 Å². The summed E-state index contributed by atoms with van der Waals surface area (Å²) < 4.78 is 0. The number of hydrogen-bond acceptors (Lipinski definition) is 3. The van der Waals surface area contributed by atoms with Crippen molar-refractivity contribution in [2.45, 2.75) is 13.8 Å². The van der Waals surface area contributed by atoms with Gasteiger partial charge in [-0.1, -0.05) is 18.2 Å². The maximum Gasteiger partial charge on any atom is 0.320 e. The molecule has 0 unspecified atom stereocenters. The first-order valence-corrected chi connectivity index (χ1v) is 6.53. The van der Waals surface area contributed by atoms with Crippen LogP contribution in [0, 0.1) is 6.92 Å². The number of urea groups is 1. The quantitative estimate of drug-likeness (QED) is 0.798. The summed E-state index contributed by atoms with van der Waals surface area (Å²) >= 11 is 0. The van der Waals surface area contributed by atoms with Crippen LogP contribution < -0.4 is 16.0 Å². The minimum Gasteiger partial charge on any atom is -0.355 e. The fourth-order valence-corrected chi connectivity index (χ4v) is 1.81.